The molecule has 2 aromatic heterocycles. The number of esters is 1. The molecule has 10 heteroatoms. The molecule has 2 aromatic rings. The molecule has 0 bridgehead atoms. The highest BCUT2D eigenvalue weighted by Gasteiger charge is 2.27. The Labute approximate surface area is 171 Å². The second-order valence-electron chi connectivity index (χ2n) is 8.07. The second-order valence-corrected chi connectivity index (χ2v) is 9.06. The van der Waals surface area contributed by atoms with E-state index in [1.54, 1.807) is 32.3 Å². The van der Waals surface area contributed by atoms with Crippen LogP contribution in [0.2, 0.25) is 0 Å². The van der Waals surface area contributed by atoms with E-state index in [2.05, 4.69) is 15.6 Å². The van der Waals surface area contributed by atoms with E-state index >= 15 is 0 Å². The van der Waals surface area contributed by atoms with Gasteiger partial charge in [0, 0.05) is 18.5 Å². The summed E-state index contributed by atoms with van der Waals surface area (Å²) in [5.74, 6) is -0.744. The Morgan fingerprint density at radius 1 is 1.28 bits per heavy atom. The van der Waals surface area contributed by atoms with Crippen LogP contribution in [0, 0.1) is 6.92 Å². The van der Waals surface area contributed by atoms with E-state index in [0.29, 0.717) is 22.3 Å². The van der Waals surface area contributed by atoms with Gasteiger partial charge in [0.2, 0.25) is 0 Å². The van der Waals surface area contributed by atoms with Crippen molar-refractivity contribution < 1.29 is 19.1 Å². The predicted octanol–water partition coefficient (Wildman–Crippen LogP) is 1.88. The van der Waals surface area contributed by atoms with Gasteiger partial charge >= 0.3 is 12.0 Å². The van der Waals surface area contributed by atoms with Crippen LogP contribution in [0.25, 0.3) is 10.2 Å². The van der Waals surface area contributed by atoms with Gasteiger partial charge in [0.15, 0.2) is 6.10 Å². The topological polar surface area (TPSA) is 119 Å². The smallest absolute Gasteiger partial charge is 0.349 e. The molecule has 0 aromatic carbocycles. The van der Waals surface area contributed by atoms with Crippen molar-refractivity contribution in [3.05, 3.63) is 26.6 Å². The van der Waals surface area contributed by atoms with Gasteiger partial charge in [-0.05, 0) is 46.6 Å². The highest BCUT2D eigenvalue weighted by atomic mass is 32.1. The Morgan fingerprint density at radius 3 is 2.62 bits per heavy atom. The molecule has 3 heterocycles. The maximum atomic E-state index is 12.7. The standard InChI is InChI=1S/C19H24N4O5S/c1-9-12-15(20-11-7-6-8-23(11)16(12)25)29-13(9)17(26)28-10(2)14(24)21-18(27)22-19(3,4)5/h10H,6-8H2,1-5H3,(H2,21,22,24,27)/t10-/m1/s1. The van der Waals surface area contributed by atoms with Crippen LogP contribution in [-0.2, 0) is 22.5 Å². The first kappa shape index (κ1) is 21.0. The molecule has 1 aliphatic heterocycles. The highest BCUT2D eigenvalue weighted by Crippen LogP contribution is 2.29. The van der Waals surface area contributed by atoms with Crippen LogP contribution in [0.5, 0.6) is 0 Å². The van der Waals surface area contributed by atoms with Crippen LogP contribution < -0.4 is 16.2 Å². The fourth-order valence-corrected chi connectivity index (χ4v) is 4.20. The maximum absolute atomic E-state index is 12.7. The summed E-state index contributed by atoms with van der Waals surface area (Å²) in [5.41, 5.74) is -0.174. The van der Waals surface area contributed by atoms with E-state index in [4.69, 9.17) is 4.74 Å². The molecule has 1 atom stereocenters. The summed E-state index contributed by atoms with van der Waals surface area (Å²) in [5, 5.41) is 5.15. The molecule has 9 nitrogen and oxygen atoms in total. The highest BCUT2D eigenvalue weighted by molar-refractivity contribution is 7.20. The molecular formula is C19H24N4O5S. The molecule has 0 aliphatic carbocycles. The Morgan fingerprint density at radius 2 is 1.97 bits per heavy atom. The van der Waals surface area contributed by atoms with Crippen molar-refractivity contribution in [2.75, 3.05) is 0 Å². The first-order chi connectivity index (χ1) is 13.5. The first-order valence-electron chi connectivity index (χ1n) is 9.34. The van der Waals surface area contributed by atoms with Crippen LogP contribution >= 0.6 is 11.3 Å². The van der Waals surface area contributed by atoms with Crippen LogP contribution in [0.1, 0.15) is 55.2 Å². The average molecular weight is 420 g/mol. The summed E-state index contributed by atoms with van der Waals surface area (Å²) in [4.78, 5) is 54.5. The third-order valence-corrected chi connectivity index (χ3v) is 5.64. The SMILES string of the molecule is Cc1c(C(=O)O[C@H](C)C(=O)NC(=O)NC(C)(C)C)sc2nc3n(c(=O)c12)CCC3. The monoisotopic (exact) mass is 420 g/mol. The van der Waals surface area contributed by atoms with Gasteiger partial charge in [-0.2, -0.15) is 0 Å². The number of ether oxygens (including phenoxy) is 1. The van der Waals surface area contributed by atoms with Crippen molar-refractivity contribution in [1.29, 1.82) is 0 Å². The quantitative estimate of drug-likeness (QED) is 0.732. The number of thiophene rings is 1. The Kier molecular flexibility index (Phi) is 5.48. The van der Waals surface area contributed by atoms with Gasteiger partial charge in [-0.15, -0.1) is 11.3 Å². The molecule has 29 heavy (non-hydrogen) atoms. The lowest BCUT2D eigenvalue weighted by Gasteiger charge is -2.21. The van der Waals surface area contributed by atoms with E-state index in [1.165, 1.54) is 6.92 Å². The van der Waals surface area contributed by atoms with Crippen LogP contribution in [0.3, 0.4) is 0 Å². The molecule has 3 rings (SSSR count). The number of carbonyl (C=O) groups is 3. The number of nitrogens with one attached hydrogen (secondary N) is 2. The van der Waals surface area contributed by atoms with E-state index in [-0.39, 0.29) is 10.4 Å². The van der Waals surface area contributed by atoms with Crippen LogP contribution in [0.15, 0.2) is 4.79 Å². The molecule has 0 unspecified atom stereocenters. The minimum atomic E-state index is -1.18. The molecule has 1 aliphatic rings. The van der Waals surface area contributed by atoms with Gasteiger partial charge in [-0.25, -0.2) is 14.6 Å². The summed E-state index contributed by atoms with van der Waals surface area (Å²) in [7, 11) is 0. The Hall–Kier alpha value is -2.75. The van der Waals surface area contributed by atoms with E-state index in [9.17, 15) is 19.2 Å². The van der Waals surface area contributed by atoms with Crippen LogP contribution in [0.4, 0.5) is 4.79 Å². The van der Waals surface area contributed by atoms with Gasteiger partial charge in [0.1, 0.15) is 15.5 Å². The fraction of sp³-hybridized carbons (Fsp3) is 0.526. The maximum Gasteiger partial charge on any atom is 0.349 e. The Balaban J connectivity index is 1.75. The molecule has 156 valence electrons. The van der Waals surface area contributed by atoms with Gasteiger partial charge in [-0.3, -0.25) is 19.5 Å². The van der Waals surface area contributed by atoms with E-state index < -0.39 is 29.6 Å². The normalized spacial score (nSPS) is 14.4. The lowest BCUT2D eigenvalue weighted by atomic mass is 10.1. The molecule has 0 spiro atoms. The fourth-order valence-electron chi connectivity index (χ4n) is 3.12. The lowest BCUT2D eigenvalue weighted by molar-refractivity contribution is -0.127. The van der Waals surface area contributed by atoms with Crippen molar-refractivity contribution in [3.8, 4) is 0 Å². The van der Waals surface area contributed by atoms with E-state index in [0.717, 1.165) is 30.0 Å². The number of hydrogen-bond acceptors (Lipinski definition) is 7. The van der Waals surface area contributed by atoms with Crippen molar-refractivity contribution in [2.45, 2.75) is 65.6 Å². The number of hydrogen-bond donors (Lipinski definition) is 2. The van der Waals surface area contributed by atoms with Gasteiger partial charge in [-0.1, -0.05) is 0 Å². The molecule has 3 amide bonds. The number of nitrogens with zero attached hydrogens (tertiary/aromatic N) is 2. The number of fused-ring (bicyclic) bond motifs is 2. The number of aromatic nitrogens is 2. The summed E-state index contributed by atoms with van der Waals surface area (Å²) >= 11 is 1.08. The molecule has 0 saturated heterocycles. The summed E-state index contributed by atoms with van der Waals surface area (Å²) in [6.45, 7) is 9.00. The van der Waals surface area contributed by atoms with Crippen molar-refractivity contribution in [3.63, 3.8) is 0 Å². The lowest BCUT2D eigenvalue weighted by Crippen LogP contribution is -2.50. The molecule has 0 fully saturated rings. The minimum Gasteiger partial charge on any atom is -0.448 e. The predicted molar refractivity (Wildman–Crippen MR) is 108 cm³/mol. The molecule has 0 saturated carbocycles. The number of rotatable bonds is 3. The number of urea groups is 1. The zero-order valence-electron chi connectivity index (χ0n) is 17.0. The summed E-state index contributed by atoms with van der Waals surface area (Å²) in [6, 6.07) is -0.671. The Bertz CT molecular complexity index is 1060. The third kappa shape index (κ3) is 4.31. The second kappa shape index (κ2) is 7.58. The average Bonchev–Trinajstić information content (AvgIpc) is 3.18. The van der Waals surface area contributed by atoms with Gasteiger partial charge < -0.3 is 10.1 Å². The zero-order valence-corrected chi connectivity index (χ0v) is 17.9. The van der Waals surface area contributed by atoms with Gasteiger partial charge in [0.05, 0.1) is 5.39 Å². The summed E-state index contributed by atoms with van der Waals surface area (Å²) in [6.07, 6.45) is 0.426. The first-order valence-corrected chi connectivity index (χ1v) is 10.2. The van der Waals surface area contributed by atoms with Crippen molar-refractivity contribution in [1.82, 2.24) is 20.2 Å². The van der Waals surface area contributed by atoms with Crippen molar-refractivity contribution >= 4 is 39.5 Å². The largest absolute Gasteiger partial charge is 0.448 e. The number of imide groups is 1. The van der Waals surface area contributed by atoms with Crippen LogP contribution in [-0.4, -0.2) is 39.1 Å². The summed E-state index contributed by atoms with van der Waals surface area (Å²) < 4.78 is 6.86. The molecule has 2 N–H and O–H groups in total. The minimum absolute atomic E-state index is 0.153. The third-order valence-electron chi connectivity index (χ3n) is 4.48. The van der Waals surface area contributed by atoms with E-state index in [1.807, 2.05) is 0 Å². The van der Waals surface area contributed by atoms with Crippen molar-refractivity contribution in [2.24, 2.45) is 0 Å². The number of aryl methyl sites for hydroxylation is 2. The zero-order chi connectivity index (χ0) is 21.5. The number of amides is 3. The molecular weight excluding hydrogens is 396 g/mol. The molecule has 0 radical (unpaired) electrons. The van der Waals surface area contributed by atoms with Gasteiger partial charge in [0.25, 0.3) is 11.5 Å². The number of carbonyl (C=O) groups excluding carboxylic acids is 3.